The van der Waals surface area contributed by atoms with Gasteiger partial charge in [-0.05, 0) is 66.0 Å². The number of aryl methyl sites for hydroxylation is 1. The van der Waals surface area contributed by atoms with Gasteiger partial charge in [0.15, 0.2) is 0 Å². The Morgan fingerprint density at radius 2 is 1.67 bits per heavy atom. The Bertz CT molecular complexity index is 854. The predicted molar refractivity (Wildman–Crippen MR) is 112 cm³/mol. The van der Waals surface area contributed by atoms with Gasteiger partial charge < -0.3 is 5.32 Å². The third-order valence-electron chi connectivity index (χ3n) is 5.02. The number of urea groups is 1. The highest BCUT2D eigenvalue weighted by Gasteiger charge is 2.22. The maximum absolute atomic E-state index is 12.6. The van der Waals surface area contributed by atoms with Crippen molar-refractivity contribution in [3.63, 3.8) is 0 Å². The topological polar surface area (TPSA) is 49.4 Å². The van der Waals surface area contributed by atoms with Crippen molar-refractivity contribution in [2.45, 2.75) is 51.9 Å². The molecule has 0 saturated carbocycles. The highest BCUT2D eigenvalue weighted by Crippen LogP contribution is 2.28. The Labute approximate surface area is 166 Å². The van der Waals surface area contributed by atoms with Gasteiger partial charge in [-0.25, -0.2) is 9.10 Å². The minimum atomic E-state index is -0.540. The van der Waals surface area contributed by atoms with E-state index in [0.29, 0.717) is 5.56 Å². The lowest BCUT2D eigenvalue weighted by atomic mass is 9.87. The van der Waals surface area contributed by atoms with Crippen LogP contribution in [0.5, 0.6) is 0 Å². The Kier molecular flexibility index (Phi) is 5.61. The Hall–Kier alpha value is -2.27. The number of carbonyl (C=O) groups excluding carboxylic acids is 2. The van der Waals surface area contributed by atoms with E-state index in [4.69, 9.17) is 0 Å². The molecule has 0 spiro atoms. The summed E-state index contributed by atoms with van der Waals surface area (Å²) in [5, 5.41) is 2.85. The molecule has 0 heterocycles. The van der Waals surface area contributed by atoms with Crippen molar-refractivity contribution in [2.75, 3.05) is 5.32 Å². The van der Waals surface area contributed by atoms with Gasteiger partial charge >= 0.3 is 6.03 Å². The van der Waals surface area contributed by atoms with E-state index in [9.17, 15) is 9.59 Å². The molecule has 27 heavy (non-hydrogen) atoms. The quantitative estimate of drug-likeness (QED) is 0.685. The zero-order chi connectivity index (χ0) is 19.6. The number of rotatable bonds is 2. The minimum absolute atomic E-state index is 0.00596. The SMILES string of the molecule is CC(C)(C)c1ccc(C(=O)N(S)C(=O)Nc2cccc3c2CCCC3)cc1. The number of benzene rings is 2. The van der Waals surface area contributed by atoms with Crippen LogP contribution in [0.2, 0.25) is 0 Å². The molecule has 0 radical (unpaired) electrons. The van der Waals surface area contributed by atoms with Crippen LogP contribution in [-0.4, -0.2) is 16.2 Å². The van der Waals surface area contributed by atoms with Crippen LogP contribution in [0.15, 0.2) is 42.5 Å². The monoisotopic (exact) mass is 382 g/mol. The smallest absolute Gasteiger partial charge is 0.306 e. The van der Waals surface area contributed by atoms with Crippen molar-refractivity contribution in [1.82, 2.24) is 4.31 Å². The van der Waals surface area contributed by atoms with Crippen molar-refractivity contribution < 1.29 is 9.59 Å². The molecule has 3 rings (SSSR count). The largest absolute Gasteiger partial charge is 0.338 e. The molecule has 0 atom stereocenters. The molecule has 1 aliphatic rings. The number of imide groups is 1. The number of hydrogen-bond acceptors (Lipinski definition) is 3. The summed E-state index contributed by atoms with van der Waals surface area (Å²) in [4.78, 5) is 25.2. The number of amides is 3. The molecule has 0 bridgehead atoms. The summed E-state index contributed by atoms with van der Waals surface area (Å²) in [6.45, 7) is 6.34. The number of fused-ring (bicyclic) bond motifs is 1. The Balaban J connectivity index is 1.73. The molecule has 142 valence electrons. The summed E-state index contributed by atoms with van der Waals surface area (Å²) in [6, 6.07) is 12.7. The minimum Gasteiger partial charge on any atom is -0.306 e. The van der Waals surface area contributed by atoms with E-state index in [1.807, 2.05) is 24.3 Å². The van der Waals surface area contributed by atoms with E-state index < -0.39 is 11.9 Å². The van der Waals surface area contributed by atoms with E-state index >= 15 is 0 Å². The second kappa shape index (κ2) is 7.77. The predicted octanol–water partition coefficient (Wildman–Crippen LogP) is 5.38. The second-order valence-electron chi connectivity index (χ2n) is 8.02. The number of hydrogen-bond donors (Lipinski definition) is 2. The molecule has 0 saturated heterocycles. The molecule has 5 heteroatoms. The molecule has 1 aliphatic carbocycles. The number of thiol groups is 1. The first kappa shape index (κ1) is 19.5. The number of carbonyl (C=O) groups is 2. The van der Waals surface area contributed by atoms with Gasteiger partial charge in [0.05, 0.1) is 0 Å². The third kappa shape index (κ3) is 4.35. The molecule has 2 aromatic rings. The molecular formula is C22H26N2O2S. The maximum atomic E-state index is 12.6. The van der Waals surface area contributed by atoms with Crippen LogP contribution in [0.3, 0.4) is 0 Å². The second-order valence-corrected chi connectivity index (χ2v) is 8.42. The summed E-state index contributed by atoms with van der Waals surface area (Å²) in [5.41, 5.74) is 4.78. The van der Waals surface area contributed by atoms with E-state index in [0.717, 1.165) is 34.8 Å². The van der Waals surface area contributed by atoms with Gasteiger partial charge in [0.2, 0.25) is 0 Å². The molecule has 0 aliphatic heterocycles. The van der Waals surface area contributed by atoms with E-state index in [1.54, 1.807) is 12.1 Å². The zero-order valence-corrected chi connectivity index (χ0v) is 17.0. The number of nitrogens with zero attached hydrogens (tertiary/aromatic N) is 1. The fourth-order valence-electron chi connectivity index (χ4n) is 3.39. The first-order valence-electron chi connectivity index (χ1n) is 9.33. The average molecular weight is 383 g/mol. The molecule has 0 unspecified atom stereocenters. The first-order chi connectivity index (χ1) is 12.8. The van der Waals surface area contributed by atoms with Gasteiger partial charge in [0.1, 0.15) is 0 Å². The van der Waals surface area contributed by atoms with Crippen molar-refractivity contribution in [3.8, 4) is 0 Å². The zero-order valence-electron chi connectivity index (χ0n) is 16.1. The van der Waals surface area contributed by atoms with E-state index in [1.165, 1.54) is 17.5 Å². The van der Waals surface area contributed by atoms with Crippen LogP contribution in [0.25, 0.3) is 0 Å². The van der Waals surface area contributed by atoms with Gasteiger partial charge in [0.25, 0.3) is 5.91 Å². The van der Waals surface area contributed by atoms with Crippen LogP contribution >= 0.6 is 12.8 Å². The Morgan fingerprint density at radius 3 is 2.33 bits per heavy atom. The van der Waals surface area contributed by atoms with Crippen molar-refractivity contribution in [3.05, 3.63) is 64.7 Å². The normalized spacial score (nSPS) is 13.6. The summed E-state index contributed by atoms with van der Waals surface area (Å²) in [6.07, 6.45) is 4.26. The fourth-order valence-corrected chi connectivity index (χ4v) is 3.56. The highest BCUT2D eigenvalue weighted by atomic mass is 32.1. The summed E-state index contributed by atoms with van der Waals surface area (Å²) >= 11 is 4.14. The van der Waals surface area contributed by atoms with Gasteiger partial charge in [-0.3, -0.25) is 4.79 Å². The lowest BCUT2D eigenvalue weighted by molar-refractivity contribution is 0.0901. The molecule has 2 aromatic carbocycles. The molecule has 3 amide bonds. The first-order valence-corrected chi connectivity index (χ1v) is 9.73. The van der Waals surface area contributed by atoms with Crippen LogP contribution in [0.1, 0.15) is 60.7 Å². The van der Waals surface area contributed by atoms with Gasteiger partial charge in [0, 0.05) is 11.3 Å². The Morgan fingerprint density at radius 1 is 1.00 bits per heavy atom. The van der Waals surface area contributed by atoms with Crippen LogP contribution < -0.4 is 5.32 Å². The molecule has 0 aromatic heterocycles. The van der Waals surface area contributed by atoms with E-state index in [2.05, 4.69) is 45.0 Å². The summed E-state index contributed by atoms with van der Waals surface area (Å²) in [5.74, 6) is -0.443. The highest BCUT2D eigenvalue weighted by molar-refractivity contribution is 7.79. The molecule has 1 N–H and O–H groups in total. The van der Waals surface area contributed by atoms with Gasteiger partial charge in [-0.1, -0.05) is 57.9 Å². The van der Waals surface area contributed by atoms with Crippen LogP contribution in [0, 0.1) is 0 Å². The maximum Gasteiger partial charge on any atom is 0.338 e. The van der Waals surface area contributed by atoms with Crippen molar-refractivity contribution >= 4 is 30.4 Å². The van der Waals surface area contributed by atoms with Crippen molar-refractivity contribution in [1.29, 1.82) is 0 Å². The standard InChI is InChI=1S/C22H26N2O2S/c1-22(2,3)17-13-11-16(12-14-17)20(25)24(27)21(26)23-19-10-6-8-15-7-4-5-9-18(15)19/h6,8,10-14,27H,4-5,7,9H2,1-3H3,(H,23,26). The van der Waals surface area contributed by atoms with Gasteiger partial charge in [-0.15, -0.1) is 0 Å². The van der Waals surface area contributed by atoms with Crippen LogP contribution in [0.4, 0.5) is 10.5 Å². The molecular weight excluding hydrogens is 356 g/mol. The van der Waals surface area contributed by atoms with Crippen LogP contribution in [-0.2, 0) is 18.3 Å². The molecule has 4 nitrogen and oxygen atoms in total. The average Bonchev–Trinajstić information content (AvgIpc) is 2.66. The third-order valence-corrected chi connectivity index (χ3v) is 5.38. The summed E-state index contributed by atoms with van der Waals surface area (Å²) < 4.78 is 0.842. The van der Waals surface area contributed by atoms with Gasteiger partial charge in [-0.2, -0.15) is 0 Å². The lowest BCUT2D eigenvalue weighted by Crippen LogP contribution is -2.33. The number of anilines is 1. The molecule has 0 fully saturated rings. The van der Waals surface area contributed by atoms with Crippen molar-refractivity contribution in [2.24, 2.45) is 0 Å². The fraction of sp³-hybridized carbons (Fsp3) is 0.364. The lowest BCUT2D eigenvalue weighted by Gasteiger charge is -2.22. The summed E-state index contributed by atoms with van der Waals surface area (Å²) in [7, 11) is 0. The van der Waals surface area contributed by atoms with E-state index in [-0.39, 0.29) is 5.41 Å². The number of nitrogens with one attached hydrogen (secondary N) is 1.